The lowest BCUT2D eigenvalue weighted by Gasteiger charge is -2.27. The second kappa shape index (κ2) is 6.97. The van der Waals surface area contributed by atoms with Gasteiger partial charge < -0.3 is 0 Å². The molecule has 0 spiro atoms. The van der Waals surface area contributed by atoms with Crippen LogP contribution in [0.2, 0.25) is 5.02 Å². The monoisotopic (exact) mass is 399 g/mol. The van der Waals surface area contributed by atoms with Crippen LogP contribution in [0, 0.1) is 0 Å². The van der Waals surface area contributed by atoms with Crippen molar-refractivity contribution in [1.82, 2.24) is 4.31 Å². The number of halogens is 3. The molecule has 1 aliphatic carbocycles. The molecule has 0 aliphatic heterocycles. The molecule has 1 fully saturated rings. The Labute approximate surface area is 138 Å². The molecule has 1 aromatic rings. The molecule has 112 valence electrons. The molecule has 0 aromatic heterocycles. The molecule has 2 rings (SSSR count). The predicted molar refractivity (Wildman–Crippen MR) is 86.0 cm³/mol. The molecule has 7 heteroatoms. The van der Waals surface area contributed by atoms with E-state index >= 15 is 0 Å². The van der Waals surface area contributed by atoms with Gasteiger partial charge in [0.05, 0.1) is 9.92 Å². The summed E-state index contributed by atoms with van der Waals surface area (Å²) >= 11 is 15.0. The fourth-order valence-corrected chi connectivity index (χ4v) is 5.19. The van der Waals surface area contributed by atoms with Gasteiger partial charge in [-0.3, -0.25) is 0 Å². The summed E-state index contributed by atoms with van der Waals surface area (Å²) in [5.41, 5.74) is 0. The molecule has 0 unspecified atom stereocenters. The molecule has 0 saturated heterocycles. The number of rotatable bonds is 5. The highest BCUT2D eigenvalue weighted by molar-refractivity contribution is 9.10. The Hall–Kier alpha value is 0.190. The van der Waals surface area contributed by atoms with Gasteiger partial charge in [0, 0.05) is 22.9 Å². The Bertz CT molecular complexity index is 574. The summed E-state index contributed by atoms with van der Waals surface area (Å²) in [5, 5.41) is 0.494. The van der Waals surface area contributed by atoms with E-state index in [9.17, 15) is 8.42 Å². The molecule has 1 aliphatic rings. The molecule has 3 nitrogen and oxygen atoms in total. The van der Waals surface area contributed by atoms with E-state index in [1.807, 2.05) is 0 Å². The highest BCUT2D eigenvalue weighted by Crippen LogP contribution is 2.31. The molecule has 20 heavy (non-hydrogen) atoms. The minimum Gasteiger partial charge on any atom is -0.207 e. The summed E-state index contributed by atoms with van der Waals surface area (Å²) in [6.45, 7) is 0.342. The van der Waals surface area contributed by atoms with Crippen LogP contribution in [0.3, 0.4) is 0 Å². The summed E-state index contributed by atoms with van der Waals surface area (Å²) in [4.78, 5) is 0.255. The maximum absolute atomic E-state index is 12.8. The smallest absolute Gasteiger partial charge is 0.207 e. The zero-order chi connectivity index (χ0) is 14.8. The zero-order valence-corrected chi connectivity index (χ0v) is 14.8. The number of alkyl halides is 1. The lowest BCUT2D eigenvalue weighted by Crippen LogP contribution is -2.40. The summed E-state index contributed by atoms with van der Waals surface area (Å²) in [6.07, 6.45) is 3.96. The Kier molecular flexibility index (Phi) is 5.77. The quantitative estimate of drug-likeness (QED) is 0.692. The number of benzene rings is 1. The van der Waals surface area contributed by atoms with Gasteiger partial charge in [0.15, 0.2) is 0 Å². The predicted octanol–water partition coefficient (Wildman–Crippen LogP) is 4.27. The highest BCUT2D eigenvalue weighted by Gasteiger charge is 2.32. The van der Waals surface area contributed by atoms with Crippen molar-refractivity contribution in [2.75, 3.05) is 12.4 Å². The molecule has 0 amide bonds. The molecule has 0 bridgehead atoms. The van der Waals surface area contributed by atoms with Gasteiger partial charge in [0.25, 0.3) is 0 Å². The lowest BCUT2D eigenvalue weighted by molar-refractivity contribution is 0.337. The molecule has 0 radical (unpaired) electrons. The fraction of sp³-hybridized carbons (Fsp3) is 0.538. The van der Waals surface area contributed by atoms with E-state index in [-0.39, 0.29) is 10.9 Å². The van der Waals surface area contributed by atoms with E-state index in [0.717, 1.165) is 25.7 Å². The van der Waals surface area contributed by atoms with Crippen LogP contribution in [-0.2, 0) is 10.0 Å². The lowest BCUT2D eigenvalue weighted by atomic mass is 10.2. The molecular formula is C13H16BrCl2NO2S. The molecule has 1 saturated carbocycles. The van der Waals surface area contributed by atoms with Crippen molar-refractivity contribution in [2.45, 2.75) is 36.6 Å². The van der Waals surface area contributed by atoms with Gasteiger partial charge in [0.2, 0.25) is 10.0 Å². The number of nitrogens with zero attached hydrogens (tertiary/aromatic N) is 1. The third kappa shape index (κ3) is 3.50. The molecule has 0 heterocycles. The van der Waals surface area contributed by atoms with Gasteiger partial charge in [-0.15, -0.1) is 11.6 Å². The highest BCUT2D eigenvalue weighted by atomic mass is 79.9. The van der Waals surface area contributed by atoms with E-state index in [2.05, 4.69) is 15.9 Å². The van der Waals surface area contributed by atoms with Gasteiger partial charge in [0.1, 0.15) is 0 Å². The summed E-state index contributed by atoms with van der Waals surface area (Å²) in [5.74, 6) is 0.296. The summed E-state index contributed by atoms with van der Waals surface area (Å²) in [6, 6.07) is 4.74. The Morgan fingerprint density at radius 1 is 1.30 bits per heavy atom. The first kappa shape index (κ1) is 16.6. The largest absolute Gasteiger partial charge is 0.243 e. The van der Waals surface area contributed by atoms with Crippen LogP contribution in [0.1, 0.15) is 25.7 Å². The van der Waals surface area contributed by atoms with Crippen molar-refractivity contribution in [3.05, 3.63) is 27.7 Å². The van der Waals surface area contributed by atoms with Crippen LogP contribution >= 0.6 is 39.1 Å². The van der Waals surface area contributed by atoms with Crippen LogP contribution in [0.5, 0.6) is 0 Å². The minimum absolute atomic E-state index is 0.0632. The van der Waals surface area contributed by atoms with Crippen LogP contribution in [0.15, 0.2) is 27.6 Å². The minimum atomic E-state index is -3.53. The third-order valence-electron chi connectivity index (χ3n) is 3.53. The first-order valence-corrected chi connectivity index (χ1v) is 9.64. The Balaban J connectivity index is 2.36. The van der Waals surface area contributed by atoms with E-state index in [0.29, 0.717) is 21.9 Å². The number of sulfonamides is 1. The average Bonchev–Trinajstić information content (AvgIpc) is 2.92. The zero-order valence-electron chi connectivity index (χ0n) is 10.9. The van der Waals surface area contributed by atoms with E-state index < -0.39 is 10.0 Å². The van der Waals surface area contributed by atoms with Gasteiger partial charge in [-0.2, -0.15) is 4.31 Å². The van der Waals surface area contributed by atoms with Crippen LogP contribution < -0.4 is 0 Å². The van der Waals surface area contributed by atoms with Crippen molar-refractivity contribution in [2.24, 2.45) is 0 Å². The Morgan fingerprint density at radius 2 is 1.95 bits per heavy atom. The van der Waals surface area contributed by atoms with Gasteiger partial charge in [-0.25, -0.2) is 8.42 Å². The van der Waals surface area contributed by atoms with Crippen LogP contribution in [0.4, 0.5) is 0 Å². The maximum Gasteiger partial charge on any atom is 0.243 e. The van der Waals surface area contributed by atoms with Crippen LogP contribution in [-0.4, -0.2) is 31.2 Å². The number of hydrogen-bond acceptors (Lipinski definition) is 2. The molecule has 0 N–H and O–H groups in total. The molecular weight excluding hydrogens is 385 g/mol. The van der Waals surface area contributed by atoms with Gasteiger partial charge in [-0.05, 0) is 47.0 Å². The normalized spacial score (nSPS) is 17.0. The van der Waals surface area contributed by atoms with Crippen molar-refractivity contribution in [3.8, 4) is 0 Å². The van der Waals surface area contributed by atoms with E-state index in [1.165, 1.54) is 0 Å². The molecule has 1 aromatic carbocycles. The second-order valence-corrected chi connectivity index (χ2v) is 8.35. The third-order valence-corrected chi connectivity index (χ3v) is 6.87. The average molecular weight is 401 g/mol. The molecule has 0 atom stereocenters. The first-order valence-electron chi connectivity index (χ1n) is 6.49. The van der Waals surface area contributed by atoms with Crippen molar-refractivity contribution in [3.63, 3.8) is 0 Å². The van der Waals surface area contributed by atoms with Crippen molar-refractivity contribution >= 4 is 49.2 Å². The maximum atomic E-state index is 12.8. The fourth-order valence-electron chi connectivity index (χ4n) is 2.55. The summed E-state index contributed by atoms with van der Waals surface area (Å²) < 4.78 is 27.7. The Morgan fingerprint density at radius 3 is 2.50 bits per heavy atom. The topological polar surface area (TPSA) is 37.4 Å². The number of hydrogen-bond donors (Lipinski definition) is 0. The standard InChI is InChI=1S/C13H16BrCl2NO2S/c14-12-9-11(5-6-13(12)16)20(18,19)17(8-7-15)10-3-1-2-4-10/h5-6,9-10H,1-4,7-8H2. The van der Waals surface area contributed by atoms with Crippen molar-refractivity contribution < 1.29 is 8.42 Å². The second-order valence-electron chi connectivity index (χ2n) is 4.82. The van der Waals surface area contributed by atoms with E-state index in [4.69, 9.17) is 23.2 Å². The van der Waals surface area contributed by atoms with Gasteiger partial charge in [-0.1, -0.05) is 24.4 Å². The van der Waals surface area contributed by atoms with Crippen LogP contribution in [0.25, 0.3) is 0 Å². The SMILES string of the molecule is O=S(=O)(c1ccc(Cl)c(Br)c1)N(CCCl)C1CCCC1. The summed E-state index contributed by atoms with van der Waals surface area (Å²) in [7, 11) is -3.53. The first-order chi connectivity index (χ1) is 9.46. The van der Waals surface area contributed by atoms with Crippen molar-refractivity contribution in [1.29, 1.82) is 0 Å². The van der Waals surface area contributed by atoms with E-state index in [1.54, 1.807) is 22.5 Å². The van der Waals surface area contributed by atoms with Gasteiger partial charge >= 0.3 is 0 Å².